The molecule has 0 saturated carbocycles. The van der Waals surface area contributed by atoms with Gasteiger partial charge in [0, 0.05) is 25.0 Å². The molecule has 0 aliphatic heterocycles. The quantitative estimate of drug-likeness (QED) is 0.699. The summed E-state index contributed by atoms with van der Waals surface area (Å²) in [5.41, 5.74) is 2.35. The zero-order chi connectivity index (χ0) is 19.2. The van der Waals surface area contributed by atoms with E-state index in [2.05, 4.69) is 4.98 Å². The minimum atomic E-state index is -0.461. The summed E-state index contributed by atoms with van der Waals surface area (Å²) in [5, 5.41) is 0. The standard InChI is InChI=1S/C21H23N3O3/c1-16-19(13-23(2)18-11-7-4-8-12-18)20(25)22-21(26)24(16)15-27-14-17-9-5-3-6-10-17/h3-12H,13-15H2,1-2H3,(H,22,25,26). The first-order valence-electron chi connectivity index (χ1n) is 8.76. The number of para-hydroxylation sites is 1. The number of aromatic nitrogens is 2. The van der Waals surface area contributed by atoms with Crippen LogP contribution in [0.25, 0.3) is 0 Å². The first-order chi connectivity index (χ1) is 13.1. The molecule has 2 aromatic carbocycles. The third kappa shape index (κ3) is 4.54. The summed E-state index contributed by atoms with van der Waals surface area (Å²) in [4.78, 5) is 28.9. The Kier molecular flexibility index (Phi) is 5.88. The molecule has 1 N–H and O–H groups in total. The van der Waals surface area contributed by atoms with Crippen LogP contribution in [0.15, 0.2) is 70.3 Å². The van der Waals surface area contributed by atoms with Gasteiger partial charge in [-0.25, -0.2) is 4.79 Å². The van der Waals surface area contributed by atoms with Crippen LogP contribution in [-0.2, 0) is 24.6 Å². The highest BCUT2D eigenvalue weighted by Crippen LogP contribution is 2.14. The van der Waals surface area contributed by atoms with Crippen molar-refractivity contribution in [3.05, 3.63) is 98.3 Å². The molecule has 3 aromatic rings. The first-order valence-corrected chi connectivity index (χ1v) is 8.76. The molecule has 1 heterocycles. The monoisotopic (exact) mass is 365 g/mol. The van der Waals surface area contributed by atoms with Gasteiger partial charge in [-0.05, 0) is 24.6 Å². The molecule has 0 bridgehead atoms. The van der Waals surface area contributed by atoms with Gasteiger partial charge in [0.1, 0.15) is 6.73 Å². The summed E-state index contributed by atoms with van der Waals surface area (Å²) < 4.78 is 7.14. The van der Waals surface area contributed by atoms with Gasteiger partial charge in [0.15, 0.2) is 0 Å². The predicted molar refractivity (Wildman–Crippen MR) is 106 cm³/mol. The van der Waals surface area contributed by atoms with Gasteiger partial charge >= 0.3 is 5.69 Å². The van der Waals surface area contributed by atoms with Crippen LogP contribution in [0.2, 0.25) is 0 Å². The van der Waals surface area contributed by atoms with E-state index in [1.54, 1.807) is 6.92 Å². The fourth-order valence-electron chi connectivity index (χ4n) is 2.90. The van der Waals surface area contributed by atoms with Gasteiger partial charge in [-0.3, -0.25) is 14.3 Å². The topological polar surface area (TPSA) is 67.3 Å². The van der Waals surface area contributed by atoms with Crippen molar-refractivity contribution in [1.29, 1.82) is 0 Å². The van der Waals surface area contributed by atoms with E-state index >= 15 is 0 Å². The van der Waals surface area contributed by atoms with Crippen LogP contribution in [0.3, 0.4) is 0 Å². The molecule has 0 saturated heterocycles. The number of anilines is 1. The molecular weight excluding hydrogens is 342 g/mol. The summed E-state index contributed by atoms with van der Waals surface area (Å²) in [6, 6.07) is 19.5. The van der Waals surface area contributed by atoms with Crippen molar-refractivity contribution in [3.63, 3.8) is 0 Å². The van der Waals surface area contributed by atoms with Gasteiger partial charge in [0.2, 0.25) is 0 Å². The highest BCUT2D eigenvalue weighted by molar-refractivity contribution is 5.45. The number of hydrogen-bond donors (Lipinski definition) is 1. The van der Waals surface area contributed by atoms with E-state index in [9.17, 15) is 9.59 Å². The van der Waals surface area contributed by atoms with Crippen molar-refractivity contribution in [2.45, 2.75) is 26.8 Å². The summed E-state index contributed by atoms with van der Waals surface area (Å²) >= 11 is 0. The lowest BCUT2D eigenvalue weighted by Crippen LogP contribution is -2.37. The van der Waals surface area contributed by atoms with Crippen molar-refractivity contribution in [3.8, 4) is 0 Å². The number of nitrogens with one attached hydrogen (secondary N) is 1. The Morgan fingerprint density at radius 2 is 1.63 bits per heavy atom. The molecule has 0 aliphatic rings. The molecular formula is C21H23N3O3. The van der Waals surface area contributed by atoms with Crippen molar-refractivity contribution >= 4 is 5.69 Å². The fraction of sp³-hybridized carbons (Fsp3) is 0.238. The van der Waals surface area contributed by atoms with Gasteiger partial charge in [-0.15, -0.1) is 0 Å². The lowest BCUT2D eigenvalue weighted by Gasteiger charge is -2.21. The van der Waals surface area contributed by atoms with Gasteiger partial charge in [-0.2, -0.15) is 0 Å². The minimum Gasteiger partial charge on any atom is -0.370 e. The van der Waals surface area contributed by atoms with E-state index in [0.29, 0.717) is 24.4 Å². The normalized spacial score (nSPS) is 10.7. The zero-order valence-electron chi connectivity index (χ0n) is 15.5. The zero-order valence-corrected chi connectivity index (χ0v) is 15.5. The van der Waals surface area contributed by atoms with Crippen molar-refractivity contribution < 1.29 is 4.74 Å². The van der Waals surface area contributed by atoms with Gasteiger partial charge in [0.05, 0.1) is 12.2 Å². The molecule has 0 atom stereocenters. The van der Waals surface area contributed by atoms with Crippen LogP contribution < -0.4 is 16.1 Å². The third-order valence-electron chi connectivity index (χ3n) is 4.51. The van der Waals surface area contributed by atoms with E-state index in [1.165, 1.54) is 4.57 Å². The number of hydrogen-bond acceptors (Lipinski definition) is 4. The Balaban J connectivity index is 1.78. The average Bonchev–Trinajstić information content (AvgIpc) is 2.69. The molecule has 0 spiro atoms. The number of rotatable bonds is 7. The van der Waals surface area contributed by atoms with Crippen molar-refractivity contribution in [2.75, 3.05) is 11.9 Å². The van der Waals surface area contributed by atoms with Crippen LogP contribution in [0, 0.1) is 6.92 Å². The molecule has 0 fully saturated rings. The Morgan fingerprint density at radius 3 is 2.30 bits per heavy atom. The number of aromatic amines is 1. The van der Waals surface area contributed by atoms with Gasteiger partial charge in [0.25, 0.3) is 5.56 Å². The highest BCUT2D eigenvalue weighted by Gasteiger charge is 2.13. The van der Waals surface area contributed by atoms with Crippen molar-refractivity contribution in [2.24, 2.45) is 0 Å². The van der Waals surface area contributed by atoms with Crippen LogP contribution in [-0.4, -0.2) is 16.6 Å². The number of benzene rings is 2. The van der Waals surface area contributed by atoms with Crippen molar-refractivity contribution in [1.82, 2.24) is 9.55 Å². The maximum absolute atomic E-state index is 12.3. The van der Waals surface area contributed by atoms with E-state index in [4.69, 9.17) is 4.74 Å². The lowest BCUT2D eigenvalue weighted by atomic mass is 10.2. The molecule has 0 radical (unpaired) electrons. The largest absolute Gasteiger partial charge is 0.370 e. The summed E-state index contributed by atoms with van der Waals surface area (Å²) in [7, 11) is 1.91. The lowest BCUT2D eigenvalue weighted by molar-refractivity contribution is 0.0593. The second-order valence-corrected chi connectivity index (χ2v) is 6.41. The average molecular weight is 365 g/mol. The van der Waals surface area contributed by atoms with E-state index < -0.39 is 5.69 Å². The van der Waals surface area contributed by atoms with E-state index in [0.717, 1.165) is 11.3 Å². The smallest absolute Gasteiger partial charge is 0.330 e. The molecule has 0 unspecified atom stereocenters. The van der Waals surface area contributed by atoms with Gasteiger partial charge < -0.3 is 9.64 Å². The minimum absolute atomic E-state index is 0.0817. The molecule has 1 aromatic heterocycles. The highest BCUT2D eigenvalue weighted by atomic mass is 16.5. The van der Waals surface area contributed by atoms with Crippen LogP contribution in [0.5, 0.6) is 0 Å². The molecule has 0 aliphatic carbocycles. The Labute approximate surface area is 157 Å². The number of H-pyrrole nitrogens is 1. The van der Waals surface area contributed by atoms with Crippen LogP contribution >= 0.6 is 0 Å². The maximum Gasteiger partial charge on any atom is 0.330 e. The molecule has 6 nitrogen and oxygen atoms in total. The summed E-state index contributed by atoms with van der Waals surface area (Å²) in [6.07, 6.45) is 0. The molecule has 140 valence electrons. The Bertz CT molecular complexity index is 995. The molecule has 27 heavy (non-hydrogen) atoms. The molecule has 6 heteroatoms. The molecule has 0 amide bonds. The fourth-order valence-corrected chi connectivity index (χ4v) is 2.90. The van der Waals surface area contributed by atoms with Crippen LogP contribution in [0.4, 0.5) is 5.69 Å². The SMILES string of the molecule is Cc1c(CN(C)c2ccccc2)c(=O)[nH]c(=O)n1COCc1ccccc1. The van der Waals surface area contributed by atoms with Gasteiger partial charge in [-0.1, -0.05) is 48.5 Å². The summed E-state index contributed by atoms with van der Waals surface area (Å²) in [6.45, 7) is 2.64. The second kappa shape index (κ2) is 8.51. The maximum atomic E-state index is 12.3. The number of ether oxygens (including phenoxy) is 1. The summed E-state index contributed by atoms with van der Waals surface area (Å²) in [5.74, 6) is 0. The third-order valence-corrected chi connectivity index (χ3v) is 4.51. The van der Waals surface area contributed by atoms with E-state index in [1.807, 2.05) is 72.6 Å². The second-order valence-electron chi connectivity index (χ2n) is 6.41. The Hall–Kier alpha value is -3.12. The van der Waals surface area contributed by atoms with E-state index in [-0.39, 0.29) is 12.3 Å². The predicted octanol–water partition coefficient (Wildman–Crippen LogP) is 2.66. The van der Waals surface area contributed by atoms with Crippen LogP contribution in [0.1, 0.15) is 16.8 Å². The first kappa shape index (κ1) is 18.7. The Morgan fingerprint density at radius 1 is 1.00 bits per heavy atom. The molecule has 3 rings (SSSR count). The number of nitrogens with zero attached hydrogens (tertiary/aromatic N) is 2.